The quantitative estimate of drug-likeness (QED) is 0.646. The van der Waals surface area contributed by atoms with Gasteiger partial charge in [0.15, 0.2) is 10.3 Å². The van der Waals surface area contributed by atoms with E-state index in [0.29, 0.717) is 16.4 Å². The number of nitrogens with one attached hydrogen (secondary N) is 1. The van der Waals surface area contributed by atoms with Crippen molar-refractivity contribution in [1.82, 2.24) is 14.5 Å². The summed E-state index contributed by atoms with van der Waals surface area (Å²) >= 11 is 2.78. The fourth-order valence-corrected chi connectivity index (χ4v) is 3.46. The first kappa shape index (κ1) is 17.2. The zero-order valence-electron chi connectivity index (χ0n) is 13.3. The van der Waals surface area contributed by atoms with Crippen LogP contribution in [0.4, 0.5) is 5.13 Å². The first-order chi connectivity index (χ1) is 12.1. The molecule has 7 nitrogen and oxygen atoms in total. The highest BCUT2D eigenvalue weighted by atomic mass is 32.2. The van der Waals surface area contributed by atoms with Gasteiger partial charge in [0.1, 0.15) is 0 Å². The molecule has 0 saturated carbocycles. The summed E-state index contributed by atoms with van der Waals surface area (Å²) < 4.78 is 1.91. The van der Waals surface area contributed by atoms with Gasteiger partial charge in [-0.1, -0.05) is 17.8 Å². The molecule has 1 aromatic carbocycles. The summed E-state index contributed by atoms with van der Waals surface area (Å²) in [7, 11) is 0. The molecule has 2 heterocycles. The molecular formula is C16H15N5O2S2. The van der Waals surface area contributed by atoms with Crippen LogP contribution in [0, 0.1) is 0 Å². The van der Waals surface area contributed by atoms with Crippen molar-refractivity contribution in [2.45, 2.75) is 11.6 Å². The summed E-state index contributed by atoms with van der Waals surface area (Å²) in [6.07, 6.45) is 5.57. The molecule has 0 aliphatic heterocycles. The van der Waals surface area contributed by atoms with E-state index in [1.165, 1.54) is 23.1 Å². The van der Waals surface area contributed by atoms with E-state index in [-0.39, 0.29) is 12.3 Å². The monoisotopic (exact) mass is 373 g/mol. The fourth-order valence-electron chi connectivity index (χ4n) is 2.23. The lowest BCUT2D eigenvalue weighted by atomic mass is 10.2. The maximum Gasteiger partial charge on any atom is 0.257 e. The summed E-state index contributed by atoms with van der Waals surface area (Å²) in [5.74, 6) is -0.728. The molecular weight excluding hydrogens is 358 g/mol. The van der Waals surface area contributed by atoms with Crippen molar-refractivity contribution in [2.75, 3.05) is 11.6 Å². The number of imidazole rings is 1. The van der Waals surface area contributed by atoms with Gasteiger partial charge in [0.05, 0.1) is 12.1 Å². The van der Waals surface area contributed by atoms with E-state index in [1.807, 2.05) is 29.2 Å². The number of thioether (sulfide) groups is 1. The summed E-state index contributed by atoms with van der Waals surface area (Å²) in [5, 5.41) is 5.71. The third-order valence-corrected chi connectivity index (χ3v) is 4.78. The van der Waals surface area contributed by atoms with Crippen LogP contribution in [-0.2, 0) is 11.2 Å². The van der Waals surface area contributed by atoms with Gasteiger partial charge in [0.2, 0.25) is 5.91 Å². The summed E-state index contributed by atoms with van der Waals surface area (Å²) in [6.45, 7) is 0. The van der Waals surface area contributed by atoms with E-state index in [4.69, 9.17) is 5.73 Å². The van der Waals surface area contributed by atoms with Crippen LogP contribution in [0.25, 0.3) is 5.69 Å². The molecule has 128 valence electrons. The van der Waals surface area contributed by atoms with E-state index in [1.54, 1.807) is 23.7 Å². The van der Waals surface area contributed by atoms with E-state index in [2.05, 4.69) is 15.3 Å². The first-order valence-corrected chi connectivity index (χ1v) is 9.39. The number of primary amides is 1. The van der Waals surface area contributed by atoms with Crippen molar-refractivity contribution in [3.8, 4) is 5.69 Å². The third-order valence-electron chi connectivity index (χ3n) is 3.30. The predicted molar refractivity (Wildman–Crippen MR) is 98.3 cm³/mol. The Morgan fingerprint density at radius 1 is 1.40 bits per heavy atom. The molecule has 0 atom stereocenters. The standard InChI is InChI=1S/C16H15N5O2S2/c1-24-16-18-5-6-21(16)12-4-2-3-10(7-12)14(23)20-15-19-11(9-25-15)8-13(17)22/h2-7,9H,8H2,1H3,(H2,17,22)(H,19,20,23). The lowest BCUT2D eigenvalue weighted by Gasteiger charge is -2.08. The molecule has 0 fully saturated rings. The topological polar surface area (TPSA) is 103 Å². The van der Waals surface area contributed by atoms with E-state index >= 15 is 0 Å². The second kappa shape index (κ2) is 7.49. The summed E-state index contributed by atoms with van der Waals surface area (Å²) in [4.78, 5) is 31.8. The highest BCUT2D eigenvalue weighted by Crippen LogP contribution is 2.20. The Balaban J connectivity index is 1.78. The SMILES string of the molecule is CSc1nccn1-c1cccc(C(=O)Nc2nc(CC(N)=O)cs2)c1. The number of thiazole rings is 1. The normalized spacial score (nSPS) is 10.6. The average molecular weight is 373 g/mol. The van der Waals surface area contributed by atoms with Crippen LogP contribution in [0.1, 0.15) is 16.1 Å². The molecule has 0 aliphatic carbocycles. The number of nitrogens with two attached hydrogens (primary N) is 1. The number of nitrogens with zero attached hydrogens (tertiary/aromatic N) is 3. The van der Waals surface area contributed by atoms with E-state index < -0.39 is 5.91 Å². The number of rotatable bonds is 6. The Bertz CT molecular complexity index is 919. The van der Waals surface area contributed by atoms with Gasteiger partial charge in [-0.3, -0.25) is 19.5 Å². The van der Waals surface area contributed by atoms with Crippen molar-refractivity contribution in [1.29, 1.82) is 0 Å². The number of anilines is 1. The number of aromatic nitrogens is 3. The number of hydrogen-bond donors (Lipinski definition) is 2. The zero-order valence-corrected chi connectivity index (χ0v) is 14.9. The fraction of sp³-hybridized carbons (Fsp3) is 0.125. The van der Waals surface area contributed by atoms with Crippen molar-refractivity contribution >= 4 is 40.0 Å². The molecule has 2 amide bonds. The number of amides is 2. The molecule has 3 N–H and O–H groups in total. The smallest absolute Gasteiger partial charge is 0.257 e. The van der Waals surface area contributed by atoms with Gasteiger partial charge in [-0.05, 0) is 24.5 Å². The lowest BCUT2D eigenvalue weighted by molar-refractivity contribution is -0.117. The van der Waals surface area contributed by atoms with Gasteiger partial charge >= 0.3 is 0 Å². The highest BCUT2D eigenvalue weighted by Gasteiger charge is 2.12. The molecule has 0 radical (unpaired) electrons. The maximum atomic E-state index is 12.5. The molecule has 25 heavy (non-hydrogen) atoms. The van der Waals surface area contributed by atoms with Crippen molar-refractivity contribution < 1.29 is 9.59 Å². The molecule has 0 bridgehead atoms. The number of carbonyl (C=O) groups is 2. The van der Waals surface area contributed by atoms with Crippen molar-refractivity contribution in [2.24, 2.45) is 5.73 Å². The van der Waals surface area contributed by atoms with Crippen LogP contribution in [0.5, 0.6) is 0 Å². The second-order valence-electron chi connectivity index (χ2n) is 5.08. The average Bonchev–Trinajstić information content (AvgIpc) is 3.23. The first-order valence-electron chi connectivity index (χ1n) is 7.28. The molecule has 9 heteroatoms. The summed E-state index contributed by atoms with van der Waals surface area (Å²) in [5.41, 5.74) is 7.04. The molecule has 0 saturated heterocycles. The molecule has 0 aliphatic rings. The van der Waals surface area contributed by atoms with Crippen LogP contribution in [0.2, 0.25) is 0 Å². The molecule has 2 aromatic heterocycles. The van der Waals surface area contributed by atoms with Gasteiger partial charge in [0, 0.05) is 29.0 Å². The van der Waals surface area contributed by atoms with Crippen LogP contribution in [0.3, 0.4) is 0 Å². The Morgan fingerprint density at radius 2 is 2.24 bits per heavy atom. The van der Waals surface area contributed by atoms with E-state index in [0.717, 1.165) is 10.8 Å². The van der Waals surface area contributed by atoms with Gasteiger partial charge in [-0.15, -0.1) is 11.3 Å². The van der Waals surface area contributed by atoms with Crippen molar-refractivity contribution in [3.05, 3.63) is 53.3 Å². The second-order valence-corrected chi connectivity index (χ2v) is 6.71. The molecule has 3 aromatic rings. The Kier molecular flexibility index (Phi) is 5.15. The number of benzene rings is 1. The largest absolute Gasteiger partial charge is 0.369 e. The number of carbonyl (C=O) groups excluding carboxylic acids is 2. The highest BCUT2D eigenvalue weighted by molar-refractivity contribution is 7.98. The molecule has 0 unspecified atom stereocenters. The Labute approximate surface area is 152 Å². The lowest BCUT2D eigenvalue weighted by Crippen LogP contribution is -2.14. The van der Waals surface area contributed by atoms with Crippen LogP contribution < -0.4 is 11.1 Å². The van der Waals surface area contributed by atoms with Gasteiger partial charge in [0.25, 0.3) is 5.91 Å². The van der Waals surface area contributed by atoms with Crippen molar-refractivity contribution in [3.63, 3.8) is 0 Å². The minimum atomic E-state index is -0.458. The maximum absolute atomic E-state index is 12.5. The van der Waals surface area contributed by atoms with Gasteiger partial charge in [-0.2, -0.15) is 0 Å². The summed E-state index contributed by atoms with van der Waals surface area (Å²) in [6, 6.07) is 7.24. The molecule has 0 spiro atoms. The van der Waals surface area contributed by atoms with Crippen LogP contribution in [-0.4, -0.2) is 32.6 Å². The van der Waals surface area contributed by atoms with E-state index in [9.17, 15) is 9.59 Å². The Hall–Kier alpha value is -2.65. The third kappa shape index (κ3) is 4.06. The van der Waals surface area contributed by atoms with Gasteiger partial charge in [-0.25, -0.2) is 9.97 Å². The van der Waals surface area contributed by atoms with Crippen LogP contribution in [0.15, 0.2) is 47.2 Å². The minimum Gasteiger partial charge on any atom is -0.369 e. The zero-order chi connectivity index (χ0) is 17.8. The minimum absolute atomic E-state index is 0.0555. The number of hydrogen-bond acceptors (Lipinski definition) is 6. The van der Waals surface area contributed by atoms with Crippen LogP contribution >= 0.6 is 23.1 Å². The van der Waals surface area contributed by atoms with Gasteiger partial charge < -0.3 is 5.73 Å². The molecule has 3 rings (SSSR count). The Morgan fingerprint density at radius 3 is 3.00 bits per heavy atom. The predicted octanol–water partition coefficient (Wildman–Crippen LogP) is 2.33.